The number of ether oxygens (including phenoxy) is 1. The van der Waals surface area contributed by atoms with Crippen LogP contribution in [0.3, 0.4) is 0 Å². The number of H-pyrrole nitrogens is 1. The molecule has 2 aromatic rings. The first-order chi connectivity index (χ1) is 12.2. The van der Waals surface area contributed by atoms with Gasteiger partial charge in [-0.25, -0.2) is 9.78 Å². The molecule has 1 unspecified atom stereocenters. The van der Waals surface area contributed by atoms with E-state index < -0.39 is 12.0 Å². The summed E-state index contributed by atoms with van der Waals surface area (Å²) in [7, 11) is 1.59. The van der Waals surface area contributed by atoms with Gasteiger partial charge >= 0.3 is 5.97 Å². The molecule has 0 bridgehead atoms. The molecule has 1 atom stereocenters. The number of hydrogen-bond acceptors (Lipinski definition) is 5. The number of methoxy groups -OCH3 is 1. The first-order valence-corrected chi connectivity index (χ1v) is 8.30. The first-order valence-electron chi connectivity index (χ1n) is 8.30. The van der Waals surface area contributed by atoms with Crippen molar-refractivity contribution in [2.75, 3.05) is 13.7 Å². The van der Waals surface area contributed by atoms with Crippen molar-refractivity contribution in [3.63, 3.8) is 0 Å². The van der Waals surface area contributed by atoms with E-state index in [9.17, 15) is 4.79 Å². The van der Waals surface area contributed by atoms with Gasteiger partial charge in [-0.05, 0) is 43.7 Å². The Hall–Kier alpha value is -2.67. The van der Waals surface area contributed by atoms with Crippen molar-refractivity contribution < 1.29 is 14.6 Å². The lowest BCUT2D eigenvalue weighted by atomic mass is 10.1. The average Bonchev–Trinajstić information content (AvgIpc) is 3.10. The van der Waals surface area contributed by atoms with Gasteiger partial charge < -0.3 is 20.6 Å². The van der Waals surface area contributed by atoms with E-state index in [4.69, 9.17) is 15.6 Å². The molecule has 0 saturated carbocycles. The molecule has 0 aliphatic heterocycles. The Morgan fingerprint density at radius 2 is 2.24 bits per heavy atom. The molecule has 1 aromatic heterocycles. The molecule has 25 heavy (non-hydrogen) atoms. The fraction of sp³-hybridized carbons (Fsp3) is 0.389. The lowest BCUT2D eigenvalue weighted by molar-refractivity contribution is -0.138. The standard InChI is InChI=1S/C16H20N4O3.C2H6/c1-23-15-11(6-7-12-14(15)20-10-19-12)4-3-9-18-13(16(21)22)5-2-8-17;1-2/h3-4,6-7,9-10,13H,2,5,8,17H2,1H3,(H,19,20)(H,21,22);1-2H3/b4-3+,18-9?;. The molecule has 0 aliphatic carbocycles. The topological polar surface area (TPSA) is 114 Å². The van der Waals surface area contributed by atoms with Gasteiger partial charge in [0.15, 0.2) is 5.75 Å². The summed E-state index contributed by atoms with van der Waals surface area (Å²) < 4.78 is 5.40. The molecule has 0 fully saturated rings. The Labute approximate surface area is 147 Å². The molecule has 2 rings (SSSR count). The predicted molar refractivity (Wildman–Crippen MR) is 101 cm³/mol. The van der Waals surface area contributed by atoms with E-state index in [1.165, 1.54) is 6.21 Å². The maximum absolute atomic E-state index is 11.1. The Balaban J connectivity index is 0.00000151. The van der Waals surface area contributed by atoms with Crippen LogP contribution >= 0.6 is 0 Å². The molecule has 0 radical (unpaired) electrons. The van der Waals surface area contributed by atoms with Gasteiger partial charge in [0.2, 0.25) is 0 Å². The van der Waals surface area contributed by atoms with Crippen LogP contribution in [0.15, 0.2) is 29.5 Å². The van der Waals surface area contributed by atoms with Crippen molar-refractivity contribution in [2.24, 2.45) is 10.7 Å². The van der Waals surface area contributed by atoms with Gasteiger partial charge in [0.05, 0.1) is 19.0 Å². The van der Waals surface area contributed by atoms with E-state index >= 15 is 0 Å². The second-order valence-electron chi connectivity index (χ2n) is 4.93. The number of aliphatic imine (C=N–C) groups is 1. The van der Waals surface area contributed by atoms with Crippen molar-refractivity contribution in [1.82, 2.24) is 9.97 Å². The lowest BCUT2D eigenvalue weighted by Crippen LogP contribution is -2.19. The lowest BCUT2D eigenvalue weighted by Gasteiger charge is -2.05. The number of imidazole rings is 1. The molecule has 4 N–H and O–H groups in total. The van der Waals surface area contributed by atoms with Gasteiger partial charge in [-0.1, -0.05) is 13.8 Å². The number of fused-ring (bicyclic) bond motifs is 1. The Morgan fingerprint density at radius 1 is 1.48 bits per heavy atom. The zero-order chi connectivity index (χ0) is 18.7. The normalized spacial score (nSPS) is 12.3. The van der Waals surface area contributed by atoms with Crippen LogP contribution in [0.2, 0.25) is 0 Å². The number of allylic oxidation sites excluding steroid dienone is 1. The first kappa shape index (κ1) is 20.4. The van der Waals surface area contributed by atoms with E-state index in [-0.39, 0.29) is 0 Å². The van der Waals surface area contributed by atoms with E-state index in [0.29, 0.717) is 25.1 Å². The third kappa shape index (κ3) is 5.72. The van der Waals surface area contributed by atoms with Gasteiger partial charge in [-0.2, -0.15) is 0 Å². The monoisotopic (exact) mass is 346 g/mol. The average molecular weight is 346 g/mol. The molecule has 0 aliphatic rings. The zero-order valence-corrected chi connectivity index (χ0v) is 14.9. The quantitative estimate of drug-likeness (QED) is 0.636. The highest BCUT2D eigenvalue weighted by Gasteiger charge is 2.13. The summed E-state index contributed by atoms with van der Waals surface area (Å²) >= 11 is 0. The largest absolute Gasteiger partial charge is 0.494 e. The van der Waals surface area contributed by atoms with Crippen LogP contribution in [0.5, 0.6) is 5.75 Å². The Kier molecular flexibility index (Phi) is 8.95. The van der Waals surface area contributed by atoms with Gasteiger partial charge in [0, 0.05) is 11.8 Å². The molecular formula is C18H26N4O3. The number of rotatable bonds is 8. The number of hydrogen-bond donors (Lipinski definition) is 3. The van der Waals surface area contributed by atoms with Crippen molar-refractivity contribution in [1.29, 1.82) is 0 Å². The van der Waals surface area contributed by atoms with Gasteiger partial charge in [-0.15, -0.1) is 0 Å². The summed E-state index contributed by atoms with van der Waals surface area (Å²) in [6.07, 6.45) is 7.65. The Morgan fingerprint density at radius 3 is 2.88 bits per heavy atom. The number of carboxylic acid groups (broad SMARTS) is 1. The Bertz CT molecular complexity index is 722. The molecule has 0 amide bonds. The molecular weight excluding hydrogens is 320 g/mol. The third-order valence-electron chi connectivity index (χ3n) is 3.37. The number of carbonyl (C=O) groups is 1. The number of nitrogens with one attached hydrogen (secondary N) is 1. The van der Waals surface area contributed by atoms with Gasteiger partial charge in [0.1, 0.15) is 11.6 Å². The van der Waals surface area contributed by atoms with E-state index in [1.807, 2.05) is 26.0 Å². The fourth-order valence-electron chi connectivity index (χ4n) is 2.22. The van der Waals surface area contributed by atoms with Crippen molar-refractivity contribution >= 4 is 29.3 Å². The molecule has 136 valence electrons. The summed E-state index contributed by atoms with van der Waals surface area (Å²) in [5, 5.41) is 9.08. The minimum atomic E-state index is -0.946. The zero-order valence-electron chi connectivity index (χ0n) is 14.9. The van der Waals surface area contributed by atoms with Gasteiger partial charge in [0.25, 0.3) is 0 Å². The predicted octanol–water partition coefficient (Wildman–Crippen LogP) is 2.87. The SMILES string of the molecule is CC.COc1c(/C=C/C=NC(CCCN)C(=O)O)ccc2[nH]cnc12. The van der Waals surface area contributed by atoms with E-state index in [1.54, 1.807) is 25.6 Å². The number of nitrogens with zero attached hydrogens (tertiary/aromatic N) is 2. The number of aromatic amines is 1. The number of aliphatic carboxylic acids is 1. The highest BCUT2D eigenvalue weighted by atomic mass is 16.5. The summed E-state index contributed by atoms with van der Waals surface area (Å²) in [6.45, 7) is 4.45. The number of benzene rings is 1. The molecule has 0 saturated heterocycles. The highest BCUT2D eigenvalue weighted by molar-refractivity contribution is 5.88. The van der Waals surface area contributed by atoms with E-state index in [0.717, 1.165) is 16.6 Å². The van der Waals surface area contributed by atoms with Crippen molar-refractivity contribution in [3.8, 4) is 5.75 Å². The molecule has 1 aromatic carbocycles. The summed E-state index contributed by atoms with van der Waals surface area (Å²) in [5.74, 6) is -0.287. The maximum Gasteiger partial charge on any atom is 0.328 e. The number of nitrogens with two attached hydrogens (primary N) is 1. The van der Waals surface area contributed by atoms with Crippen LogP contribution in [0, 0.1) is 0 Å². The smallest absolute Gasteiger partial charge is 0.328 e. The number of aromatic nitrogens is 2. The number of carboxylic acids is 1. The second-order valence-corrected chi connectivity index (χ2v) is 4.93. The van der Waals surface area contributed by atoms with Crippen LogP contribution < -0.4 is 10.5 Å². The molecule has 1 heterocycles. The summed E-state index contributed by atoms with van der Waals surface area (Å²) in [6, 6.07) is 3.04. The van der Waals surface area contributed by atoms with Crippen LogP contribution in [-0.2, 0) is 4.79 Å². The minimum Gasteiger partial charge on any atom is -0.494 e. The maximum atomic E-state index is 11.1. The summed E-state index contributed by atoms with van der Waals surface area (Å²) in [5.41, 5.74) is 7.87. The van der Waals surface area contributed by atoms with Crippen LogP contribution in [0.4, 0.5) is 0 Å². The summed E-state index contributed by atoms with van der Waals surface area (Å²) in [4.78, 5) is 22.4. The van der Waals surface area contributed by atoms with E-state index in [2.05, 4.69) is 15.0 Å². The highest BCUT2D eigenvalue weighted by Crippen LogP contribution is 2.28. The second kappa shape index (κ2) is 11.0. The van der Waals surface area contributed by atoms with Crippen LogP contribution in [-0.4, -0.2) is 47.0 Å². The fourth-order valence-corrected chi connectivity index (χ4v) is 2.22. The molecule has 7 heteroatoms. The molecule has 0 spiro atoms. The van der Waals surface area contributed by atoms with Crippen molar-refractivity contribution in [3.05, 3.63) is 30.1 Å². The van der Waals surface area contributed by atoms with Gasteiger partial charge in [-0.3, -0.25) is 4.99 Å². The van der Waals surface area contributed by atoms with Crippen LogP contribution in [0.25, 0.3) is 17.1 Å². The van der Waals surface area contributed by atoms with Crippen LogP contribution in [0.1, 0.15) is 32.3 Å². The minimum absolute atomic E-state index is 0.429. The molecule has 7 nitrogen and oxygen atoms in total. The third-order valence-corrected chi connectivity index (χ3v) is 3.37. The van der Waals surface area contributed by atoms with Crippen molar-refractivity contribution in [2.45, 2.75) is 32.7 Å².